The summed E-state index contributed by atoms with van der Waals surface area (Å²) < 4.78 is 4.24. The fraction of sp³-hybridized carbons (Fsp3) is 0.667. The largest absolute Gasteiger partial charge is 0.479 e. The fourth-order valence-electron chi connectivity index (χ4n) is 0.984. The van der Waals surface area contributed by atoms with Gasteiger partial charge in [0.05, 0.1) is 0 Å². The molecule has 1 saturated heterocycles. The van der Waals surface area contributed by atoms with E-state index in [1.807, 2.05) is 0 Å². The predicted molar refractivity (Wildman–Crippen MR) is 41.3 cm³/mol. The molecule has 0 aliphatic carbocycles. The third-order valence-corrected chi connectivity index (χ3v) is 1.72. The summed E-state index contributed by atoms with van der Waals surface area (Å²) in [6.45, 7) is 0. The van der Waals surface area contributed by atoms with Crippen molar-refractivity contribution in [2.75, 3.05) is 0 Å². The number of carbonyl (C=O) groups is 2. The molecule has 75 valence electrons. The molecule has 1 aliphatic rings. The van der Waals surface area contributed by atoms with Gasteiger partial charge in [0.2, 0.25) is 0 Å². The Labute approximate surface area is 101 Å². The third-order valence-electron chi connectivity index (χ3n) is 1.72. The van der Waals surface area contributed by atoms with E-state index in [-0.39, 0.29) is 29.6 Å². The van der Waals surface area contributed by atoms with Crippen molar-refractivity contribution in [3.63, 3.8) is 0 Å². The number of aliphatic hydroxyl groups is 3. The van der Waals surface area contributed by atoms with Gasteiger partial charge in [0, 0.05) is 29.6 Å². The second-order valence-electron chi connectivity index (χ2n) is 2.62. The van der Waals surface area contributed by atoms with Crippen molar-refractivity contribution in [2.45, 2.75) is 24.4 Å². The van der Waals surface area contributed by atoms with Crippen molar-refractivity contribution < 1.29 is 34.8 Å². The van der Waals surface area contributed by atoms with Crippen LogP contribution in [0.1, 0.15) is 0 Å². The molecule has 1 aliphatic heterocycles. The Kier molecular flexibility index (Phi) is 4.99. The molecule has 4 N–H and O–H groups in total. The first-order valence-corrected chi connectivity index (χ1v) is 3.42. The Morgan fingerprint density at radius 1 is 1.43 bits per heavy atom. The summed E-state index contributed by atoms with van der Waals surface area (Å²) in [5, 5.41) is 35.0. The molecule has 0 aromatic rings. The van der Waals surface area contributed by atoms with Crippen LogP contribution in [0.4, 0.5) is 0 Å². The van der Waals surface area contributed by atoms with E-state index in [1.165, 1.54) is 0 Å². The minimum Gasteiger partial charge on any atom is -0.479 e. The number of cyclic esters (lactones) is 1. The number of aliphatic hydroxyl groups excluding tert-OH is 3. The second kappa shape index (κ2) is 5.06. The number of carboxylic acid groups (broad SMARTS) is 1. The Bertz CT molecular complexity index is 242. The summed E-state index contributed by atoms with van der Waals surface area (Å²) in [6.07, 6.45) is -7.14. The monoisotopic (exact) mass is 215 g/mol. The Morgan fingerprint density at radius 3 is 2.21 bits per heavy atom. The average Bonchev–Trinajstić information content (AvgIpc) is 2.31. The molecule has 0 bridgehead atoms. The maximum atomic E-state index is 10.6. The molecular formula is C6H8NaO7. The molecule has 0 unspecified atom stereocenters. The van der Waals surface area contributed by atoms with Crippen LogP contribution in [0.25, 0.3) is 0 Å². The minimum atomic E-state index is -2.03. The van der Waals surface area contributed by atoms with Crippen molar-refractivity contribution in [1.29, 1.82) is 0 Å². The third kappa shape index (κ3) is 2.44. The minimum absolute atomic E-state index is 0. The zero-order chi connectivity index (χ0) is 10.2. The van der Waals surface area contributed by atoms with Gasteiger partial charge in [0.25, 0.3) is 0 Å². The van der Waals surface area contributed by atoms with Crippen molar-refractivity contribution in [3.05, 3.63) is 0 Å². The molecule has 1 heterocycles. The number of ether oxygens (including phenoxy) is 1. The van der Waals surface area contributed by atoms with E-state index in [2.05, 4.69) is 4.74 Å². The Morgan fingerprint density at radius 2 is 1.93 bits per heavy atom. The number of carbonyl (C=O) groups excluding carboxylic acids is 1. The molecule has 1 rings (SSSR count). The normalized spacial score (nSPS) is 33.1. The van der Waals surface area contributed by atoms with Gasteiger partial charge in [0.1, 0.15) is 6.10 Å². The summed E-state index contributed by atoms with van der Waals surface area (Å²) >= 11 is 0. The molecule has 14 heavy (non-hydrogen) atoms. The number of hydrogen-bond donors (Lipinski definition) is 4. The molecule has 7 nitrogen and oxygen atoms in total. The van der Waals surface area contributed by atoms with E-state index in [4.69, 9.17) is 20.4 Å². The number of rotatable bonds is 2. The fourth-order valence-corrected chi connectivity index (χ4v) is 0.984. The standard InChI is InChI=1S/C6H8O7.Na/c7-1-2(8)6(12)13-4(1)3(9)5(10)11;/h1-4,7-9H,(H,10,11);/t1-,2-,3+,4+;/m1./s1. The number of carboxylic acids is 1. The first-order chi connectivity index (χ1) is 5.95. The van der Waals surface area contributed by atoms with Crippen molar-refractivity contribution in [2.24, 2.45) is 0 Å². The molecule has 1 fully saturated rings. The molecule has 0 amide bonds. The van der Waals surface area contributed by atoms with E-state index in [0.29, 0.717) is 0 Å². The molecular weight excluding hydrogens is 207 g/mol. The SMILES string of the molecule is O=C(O)[C@@H](O)[C@H]1OC(=O)[C@H](O)[C@H]1O.[Na]. The van der Waals surface area contributed by atoms with Gasteiger partial charge >= 0.3 is 11.9 Å². The van der Waals surface area contributed by atoms with E-state index < -0.39 is 36.4 Å². The first-order valence-electron chi connectivity index (χ1n) is 3.42. The number of aliphatic carboxylic acids is 1. The molecule has 0 saturated carbocycles. The van der Waals surface area contributed by atoms with Crippen LogP contribution < -0.4 is 0 Å². The van der Waals surface area contributed by atoms with Crippen molar-refractivity contribution in [3.8, 4) is 0 Å². The second-order valence-corrected chi connectivity index (χ2v) is 2.62. The van der Waals surface area contributed by atoms with Crippen LogP contribution in [-0.4, -0.2) is 86.3 Å². The zero-order valence-corrected chi connectivity index (χ0v) is 9.32. The maximum Gasteiger partial charge on any atom is 0.338 e. The zero-order valence-electron chi connectivity index (χ0n) is 7.32. The smallest absolute Gasteiger partial charge is 0.338 e. The van der Waals surface area contributed by atoms with Crippen LogP contribution in [0.2, 0.25) is 0 Å². The van der Waals surface area contributed by atoms with Crippen LogP contribution in [0.15, 0.2) is 0 Å². The number of hydrogen-bond acceptors (Lipinski definition) is 6. The van der Waals surface area contributed by atoms with E-state index >= 15 is 0 Å². The van der Waals surface area contributed by atoms with Gasteiger partial charge in [-0.05, 0) is 0 Å². The molecule has 0 aromatic carbocycles. The van der Waals surface area contributed by atoms with E-state index in [1.54, 1.807) is 0 Å². The van der Waals surface area contributed by atoms with Gasteiger partial charge < -0.3 is 25.2 Å². The Balaban J connectivity index is 0.00000169. The maximum absolute atomic E-state index is 10.6. The summed E-state index contributed by atoms with van der Waals surface area (Å²) in [6, 6.07) is 0. The van der Waals surface area contributed by atoms with Crippen LogP contribution in [-0.2, 0) is 14.3 Å². The molecule has 0 spiro atoms. The molecule has 8 heteroatoms. The van der Waals surface area contributed by atoms with Crippen LogP contribution in [0.3, 0.4) is 0 Å². The van der Waals surface area contributed by atoms with Gasteiger partial charge in [-0.25, -0.2) is 9.59 Å². The van der Waals surface area contributed by atoms with Gasteiger partial charge in [-0.3, -0.25) is 0 Å². The Hall–Kier alpha value is -0.180. The van der Waals surface area contributed by atoms with Crippen LogP contribution in [0, 0.1) is 0 Å². The van der Waals surface area contributed by atoms with Crippen LogP contribution in [0.5, 0.6) is 0 Å². The average molecular weight is 215 g/mol. The van der Waals surface area contributed by atoms with E-state index in [9.17, 15) is 9.59 Å². The quantitative estimate of drug-likeness (QED) is 0.281. The van der Waals surface area contributed by atoms with Gasteiger partial charge in [-0.15, -0.1) is 0 Å². The molecule has 4 atom stereocenters. The van der Waals surface area contributed by atoms with Gasteiger partial charge in [-0.2, -0.15) is 0 Å². The predicted octanol–water partition coefficient (Wildman–Crippen LogP) is -3.30. The van der Waals surface area contributed by atoms with Crippen LogP contribution >= 0.6 is 0 Å². The summed E-state index contributed by atoms with van der Waals surface area (Å²) in [5.41, 5.74) is 0. The van der Waals surface area contributed by atoms with Crippen molar-refractivity contribution >= 4 is 41.5 Å². The first kappa shape index (κ1) is 13.8. The summed E-state index contributed by atoms with van der Waals surface area (Å²) in [7, 11) is 0. The topological polar surface area (TPSA) is 124 Å². The molecule has 0 aromatic heterocycles. The number of esters is 1. The molecule has 1 radical (unpaired) electrons. The summed E-state index contributed by atoms with van der Waals surface area (Å²) in [5.74, 6) is -2.77. The van der Waals surface area contributed by atoms with E-state index in [0.717, 1.165) is 0 Å². The summed E-state index contributed by atoms with van der Waals surface area (Å²) in [4.78, 5) is 20.8. The van der Waals surface area contributed by atoms with Gasteiger partial charge in [0.15, 0.2) is 18.3 Å². The van der Waals surface area contributed by atoms with Gasteiger partial charge in [-0.1, -0.05) is 0 Å². The van der Waals surface area contributed by atoms with Crippen molar-refractivity contribution in [1.82, 2.24) is 0 Å².